The van der Waals surface area contributed by atoms with E-state index in [-0.39, 0.29) is 5.56 Å². The molecule has 1 heterocycles. The van der Waals surface area contributed by atoms with E-state index in [9.17, 15) is 4.79 Å². The Balaban J connectivity index is 2.33. The van der Waals surface area contributed by atoms with Gasteiger partial charge in [0.15, 0.2) is 0 Å². The van der Waals surface area contributed by atoms with Gasteiger partial charge in [0.25, 0.3) is 5.56 Å². The highest BCUT2D eigenvalue weighted by molar-refractivity contribution is 9.10. The van der Waals surface area contributed by atoms with Crippen LogP contribution in [0.25, 0.3) is 22.3 Å². The first kappa shape index (κ1) is 14.1. The molecule has 106 valence electrons. The Bertz CT molecular complexity index is 892. The summed E-state index contributed by atoms with van der Waals surface area (Å²) in [5, 5.41) is 1.06. The third-order valence-corrected chi connectivity index (χ3v) is 3.89. The fourth-order valence-corrected chi connectivity index (χ4v) is 3.13. The number of methoxy groups -OCH3 is 1. The molecule has 0 saturated carbocycles. The van der Waals surface area contributed by atoms with Crippen LogP contribution in [0.3, 0.4) is 0 Å². The number of hydrogen-bond acceptors (Lipinski definition) is 3. The number of aromatic nitrogens is 2. The summed E-state index contributed by atoms with van der Waals surface area (Å²) in [5.41, 5.74) is 1.04. The minimum atomic E-state index is -0.200. The van der Waals surface area contributed by atoms with Crippen LogP contribution >= 0.6 is 27.5 Å². The van der Waals surface area contributed by atoms with Gasteiger partial charge in [-0.05, 0) is 40.2 Å². The molecule has 0 atom stereocenters. The van der Waals surface area contributed by atoms with E-state index in [0.29, 0.717) is 37.5 Å². The van der Waals surface area contributed by atoms with Gasteiger partial charge in [0.05, 0.1) is 28.0 Å². The van der Waals surface area contributed by atoms with Crippen molar-refractivity contribution in [1.82, 2.24) is 9.97 Å². The Hall–Kier alpha value is -1.85. The lowest BCUT2D eigenvalue weighted by Crippen LogP contribution is -2.09. The van der Waals surface area contributed by atoms with Crippen LogP contribution in [0.1, 0.15) is 0 Å². The fraction of sp³-hybridized carbons (Fsp3) is 0.0667. The van der Waals surface area contributed by atoms with Gasteiger partial charge in [-0.3, -0.25) is 4.79 Å². The predicted molar refractivity (Wildman–Crippen MR) is 87.1 cm³/mol. The Labute approximate surface area is 133 Å². The van der Waals surface area contributed by atoms with Crippen molar-refractivity contribution in [3.05, 3.63) is 56.2 Å². The van der Waals surface area contributed by atoms with Crippen LogP contribution in [0.4, 0.5) is 0 Å². The number of fused-ring (bicyclic) bond motifs is 1. The summed E-state index contributed by atoms with van der Waals surface area (Å²) >= 11 is 9.48. The van der Waals surface area contributed by atoms with Crippen molar-refractivity contribution in [3.8, 4) is 17.1 Å². The first-order valence-electron chi connectivity index (χ1n) is 6.12. The number of ether oxygens (including phenoxy) is 1. The topological polar surface area (TPSA) is 55.0 Å². The van der Waals surface area contributed by atoms with Gasteiger partial charge in [0.2, 0.25) is 0 Å². The normalized spacial score (nSPS) is 10.8. The maximum Gasteiger partial charge on any atom is 0.259 e. The average Bonchev–Trinajstić information content (AvgIpc) is 2.46. The number of nitrogens with one attached hydrogen (secondary N) is 1. The van der Waals surface area contributed by atoms with E-state index < -0.39 is 0 Å². The third kappa shape index (κ3) is 2.54. The van der Waals surface area contributed by atoms with E-state index in [0.717, 1.165) is 0 Å². The van der Waals surface area contributed by atoms with Crippen molar-refractivity contribution in [2.24, 2.45) is 0 Å². The molecular weight excluding hydrogens is 356 g/mol. The minimum Gasteiger partial charge on any atom is -0.495 e. The lowest BCUT2D eigenvalue weighted by Gasteiger charge is -2.11. The molecule has 0 bridgehead atoms. The number of aromatic amines is 1. The monoisotopic (exact) mass is 364 g/mol. The van der Waals surface area contributed by atoms with Crippen molar-refractivity contribution in [1.29, 1.82) is 0 Å². The summed E-state index contributed by atoms with van der Waals surface area (Å²) in [7, 11) is 1.55. The van der Waals surface area contributed by atoms with Crippen molar-refractivity contribution in [2.45, 2.75) is 0 Å². The molecule has 6 heteroatoms. The lowest BCUT2D eigenvalue weighted by atomic mass is 10.1. The number of rotatable bonds is 2. The fourth-order valence-electron chi connectivity index (χ4n) is 2.16. The summed E-state index contributed by atoms with van der Waals surface area (Å²) in [4.78, 5) is 19.4. The minimum absolute atomic E-state index is 0.200. The largest absolute Gasteiger partial charge is 0.495 e. The molecule has 1 aromatic heterocycles. The second kappa shape index (κ2) is 5.50. The van der Waals surface area contributed by atoms with E-state index >= 15 is 0 Å². The molecule has 0 spiro atoms. The Morgan fingerprint density at radius 3 is 2.81 bits per heavy atom. The van der Waals surface area contributed by atoms with E-state index in [1.54, 1.807) is 37.4 Å². The molecule has 0 saturated heterocycles. The molecule has 0 aliphatic heterocycles. The Morgan fingerprint density at radius 1 is 1.29 bits per heavy atom. The third-order valence-electron chi connectivity index (χ3n) is 3.08. The number of benzene rings is 2. The summed E-state index contributed by atoms with van der Waals surface area (Å²) in [6, 6.07) is 10.6. The highest BCUT2D eigenvalue weighted by Gasteiger charge is 2.14. The van der Waals surface area contributed by atoms with Gasteiger partial charge < -0.3 is 9.72 Å². The number of para-hydroxylation sites is 1. The molecule has 0 amide bonds. The number of hydrogen-bond donors (Lipinski definition) is 1. The van der Waals surface area contributed by atoms with Crippen LogP contribution in [0.5, 0.6) is 5.75 Å². The first-order valence-corrected chi connectivity index (χ1v) is 7.29. The highest BCUT2D eigenvalue weighted by atomic mass is 79.9. The molecule has 0 unspecified atom stereocenters. The zero-order valence-electron chi connectivity index (χ0n) is 11.0. The summed E-state index contributed by atoms with van der Waals surface area (Å²) in [6.45, 7) is 0. The molecule has 0 aliphatic carbocycles. The van der Waals surface area contributed by atoms with E-state index in [4.69, 9.17) is 16.3 Å². The summed E-state index contributed by atoms with van der Waals surface area (Å²) in [5.74, 6) is 0.983. The zero-order chi connectivity index (χ0) is 15.0. The first-order chi connectivity index (χ1) is 10.1. The second-order valence-electron chi connectivity index (χ2n) is 4.40. The van der Waals surface area contributed by atoms with Crippen LogP contribution < -0.4 is 10.3 Å². The molecule has 3 aromatic rings. The maximum absolute atomic E-state index is 12.2. The van der Waals surface area contributed by atoms with E-state index in [1.807, 2.05) is 6.07 Å². The molecule has 0 radical (unpaired) electrons. The number of halogens is 2. The van der Waals surface area contributed by atoms with E-state index in [2.05, 4.69) is 25.9 Å². The standard InChI is InChI=1S/C15H10BrClN2O2/c1-21-13-10(6-8(17)7-11(13)16)14-18-12-5-3-2-4-9(12)15(20)19-14/h2-7H,1H3,(H,18,19,20). The zero-order valence-corrected chi connectivity index (χ0v) is 13.3. The molecule has 4 nitrogen and oxygen atoms in total. The van der Waals surface area contributed by atoms with Crippen LogP contribution in [-0.2, 0) is 0 Å². The molecule has 1 N–H and O–H groups in total. The van der Waals surface area contributed by atoms with Crippen LogP contribution in [0.15, 0.2) is 45.7 Å². The van der Waals surface area contributed by atoms with Crippen molar-refractivity contribution in [2.75, 3.05) is 7.11 Å². The van der Waals surface area contributed by atoms with Gasteiger partial charge in [0.1, 0.15) is 11.6 Å². The van der Waals surface area contributed by atoms with E-state index in [1.165, 1.54) is 0 Å². The van der Waals surface area contributed by atoms with Crippen LogP contribution in [-0.4, -0.2) is 17.1 Å². The Morgan fingerprint density at radius 2 is 2.05 bits per heavy atom. The quantitative estimate of drug-likeness (QED) is 0.746. The van der Waals surface area contributed by atoms with Gasteiger partial charge in [0, 0.05) is 5.02 Å². The van der Waals surface area contributed by atoms with Crippen molar-refractivity contribution >= 4 is 38.4 Å². The van der Waals surface area contributed by atoms with Gasteiger partial charge >= 0.3 is 0 Å². The van der Waals surface area contributed by atoms with Crippen molar-refractivity contribution < 1.29 is 4.74 Å². The lowest BCUT2D eigenvalue weighted by molar-refractivity contribution is 0.413. The van der Waals surface area contributed by atoms with Gasteiger partial charge in [-0.1, -0.05) is 23.7 Å². The number of H-pyrrole nitrogens is 1. The Kier molecular flexibility index (Phi) is 3.69. The molecular formula is C15H10BrClN2O2. The summed E-state index contributed by atoms with van der Waals surface area (Å²) < 4.78 is 6.07. The second-order valence-corrected chi connectivity index (χ2v) is 5.69. The smallest absolute Gasteiger partial charge is 0.259 e. The van der Waals surface area contributed by atoms with Crippen molar-refractivity contribution in [3.63, 3.8) is 0 Å². The molecule has 0 fully saturated rings. The average molecular weight is 366 g/mol. The predicted octanol–water partition coefficient (Wildman–Crippen LogP) is 4.01. The number of nitrogens with zero attached hydrogens (tertiary/aromatic N) is 1. The maximum atomic E-state index is 12.2. The highest BCUT2D eigenvalue weighted by Crippen LogP contribution is 2.37. The molecule has 0 aliphatic rings. The summed E-state index contributed by atoms with van der Waals surface area (Å²) in [6.07, 6.45) is 0. The van der Waals surface area contributed by atoms with Crippen LogP contribution in [0, 0.1) is 0 Å². The van der Waals surface area contributed by atoms with Gasteiger partial charge in [-0.2, -0.15) is 0 Å². The SMILES string of the molecule is COc1c(Br)cc(Cl)cc1-c1nc2ccccc2c(=O)[nH]1. The molecule has 2 aromatic carbocycles. The molecule has 21 heavy (non-hydrogen) atoms. The van der Waals surface area contributed by atoms with Gasteiger partial charge in [-0.25, -0.2) is 4.98 Å². The van der Waals surface area contributed by atoms with Crippen LogP contribution in [0.2, 0.25) is 5.02 Å². The van der Waals surface area contributed by atoms with Gasteiger partial charge in [-0.15, -0.1) is 0 Å². The molecule has 3 rings (SSSR count).